The molecule has 2 aromatic carbocycles. The molecule has 0 aliphatic carbocycles. The second-order valence-electron chi connectivity index (χ2n) is 6.63. The van der Waals surface area contributed by atoms with Gasteiger partial charge >= 0.3 is 6.03 Å². The largest absolute Gasteiger partial charge is 0.494 e. The lowest BCUT2D eigenvalue weighted by Crippen LogP contribution is -2.22. The van der Waals surface area contributed by atoms with Crippen molar-refractivity contribution in [1.29, 1.82) is 0 Å². The molecule has 11 heteroatoms. The molecule has 0 saturated carbocycles. The summed E-state index contributed by atoms with van der Waals surface area (Å²) in [6, 6.07) is 11.5. The number of urea groups is 1. The fourth-order valence-electron chi connectivity index (χ4n) is 2.87. The number of nitrogens with zero attached hydrogens (tertiary/aromatic N) is 1. The molecule has 1 aliphatic heterocycles. The lowest BCUT2D eigenvalue weighted by molar-refractivity contribution is -0.385. The molecule has 2 aromatic rings. The lowest BCUT2D eigenvalue weighted by atomic mass is 10.1. The average Bonchev–Trinajstić information content (AvgIpc) is 3.05. The number of carbonyl (C=O) groups is 2. The quantitative estimate of drug-likeness (QED) is 0.198. The molecule has 31 heavy (non-hydrogen) atoms. The first kappa shape index (κ1) is 22.0. The fraction of sp³-hybridized carbons (Fsp3) is 0.200. The second kappa shape index (κ2) is 9.39. The van der Waals surface area contributed by atoms with Gasteiger partial charge in [-0.25, -0.2) is 13.2 Å². The normalized spacial score (nSPS) is 14.9. The van der Waals surface area contributed by atoms with Crippen LogP contribution in [0.15, 0.2) is 59.1 Å². The van der Waals surface area contributed by atoms with Gasteiger partial charge < -0.3 is 10.1 Å². The molecule has 1 saturated heterocycles. The first-order chi connectivity index (χ1) is 14.8. The summed E-state index contributed by atoms with van der Waals surface area (Å²) in [7, 11) is -3.36. The summed E-state index contributed by atoms with van der Waals surface area (Å²) >= 11 is 0. The predicted molar refractivity (Wildman–Crippen MR) is 111 cm³/mol. The standard InChI is InChI=1S/C20H19N3O7S/c24-19-17(21-20(25)22-19)13-14-12-15(8-9-18(14)23(26)27)30-10-4-5-11-31(28,29)16-6-2-1-3-7-16/h1-3,6-9,12-13H,4-5,10-11H2,(H2,21,22,24,25). The highest BCUT2D eigenvalue weighted by molar-refractivity contribution is 7.91. The van der Waals surface area contributed by atoms with Crippen molar-refractivity contribution in [3.8, 4) is 5.75 Å². The Bertz CT molecular complexity index is 1140. The molecular formula is C20H19N3O7S. The van der Waals surface area contributed by atoms with Gasteiger partial charge in [0.1, 0.15) is 11.4 Å². The van der Waals surface area contributed by atoms with Crippen LogP contribution in [0.5, 0.6) is 5.75 Å². The third-order valence-electron chi connectivity index (χ3n) is 4.39. The number of nitro groups is 1. The smallest absolute Gasteiger partial charge is 0.326 e. The zero-order valence-electron chi connectivity index (χ0n) is 16.2. The Morgan fingerprint density at radius 2 is 1.77 bits per heavy atom. The van der Waals surface area contributed by atoms with Gasteiger partial charge in [-0.2, -0.15) is 0 Å². The van der Waals surface area contributed by atoms with Gasteiger partial charge in [0, 0.05) is 6.07 Å². The van der Waals surface area contributed by atoms with E-state index >= 15 is 0 Å². The SMILES string of the molecule is O=C1NC(=O)C(=Cc2cc(OCCCCS(=O)(=O)c3ccccc3)ccc2[N+](=O)[O-])N1. The molecule has 0 aromatic heterocycles. The highest BCUT2D eigenvalue weighted by Gasteiger charge is 2.24. The number of ether oxygens (including phenoxy) is 1. The second-order valence-corrected chi connectivity index (χ2v) is 8.74. The van der Waals surface area contributed by atoms with Gasteiger partial charge in [-0.1, -0.05) is 18.2 Å². The van der Waals surface area contributed by atoms with Crippen molar-refractivity contribution in [3.05, 3.63) is 69.9 Å². The van der Waals surface area contributed by atoms with E-state index in [1.165, 1.54) is 24.3 Å². The van der Waals surface area contributed by atoms with Crippen LogP contribution >= 0.6 is 0 Å². The molecule has 2 N–H and O–H groups in total. The highest BCUT2D eigenvalue weighted by Crippen LogP contribution is 2.26. The van der Waals surface area contributed by atoms with Crippen molar-refractivity contribution in [2.75, 3.05) is 12.4 Å². The third-order valence-corrected chi connectivity index (χ3v) is 6.21. The van der Waals surface area contributed by atoms with Crippen molar-refractivity contribution in [1.82, 2.24) is 10.6 Å². The summed E-state index contributed by atoms with van der Waals surface area (Å²) in [5.41, 5.74) is -0.291. The number of amides is 3. The number of sulfone groups is 1. The number of imide groups is 1. The molecule has 162 valence electrons. The van der Waals surface area contributed by atoms with Crippen LogP contribution in [0.2, 0.25) is 0 Å². The minimum Gasteiger partial charge on any atom is -0.494 e. The fourth-order valence-corrected chi connectivity index (χ4v) is 4.26. The van der Waals surface area contributed by atoms with Gasteiger partial charge in [0.2, 0.25) is 0 Å². The Labute approximate surface area is 178 Å². The summed E-state index contributed by atoms with van der Waals surface area (Å²) in [5.74, 6) is -0.398. The first-order valence-corrected chi connectivity index (χ1v) is 10.9. The molecule has 0 bridgehead atoms. The van der Waals surface area contributed by atoms with Crippen LogP contribution in [0.3, 0.4) is 0 Å². The molecule has 3 rings (SSSR count). The third kappa shape index (κ3) is 5.66. The van der Waals surface area contributed by atoms with E-state index in [1.54, 1.807) is 30.3 Å². The average molecular weight is 445 g/mol. The Kier molecular flexibility index (Phi) is 6.65. The van der Waals surface area contributed by atoms with Gasteiger partial charge in [0.25, 0.3) is 11.6 Å². The maximum absolute atomic E-state index is 12.3. The van der Waals surface area contributed by atoms with Crippen molar-refractivity contribution in [2.24, 2.45) is 0 Å². The van der Waals surface area contributed by atoms with E-state index in [0.29, 0.717) is 18.6 Å². The van der Waals surface area contributed by atoms with E-state index in [4.69, 9.17) is 4.74 Å². The number of nitrogens with one attached hydrogen (secondary N) is 2. The summed E-state index contributed by atoms with van der Waals surface area (Å²) in [5, 5.41) is 15.5. The van der Waals surface area contributed by atoms with E-state index in [0.717, 1.165) is 0 Å². The monoisotopic (exact) mass is 445 g/mol. The van der Waals surface area contributed by atoms with Crippen LogP contribution in [0, 0.1) is 10.1 Å². The van der Waals surface area contributed by atoms with Crippen LogP contribution in [0.4, 0.5) is 10.5 Å². The van der Waals surface area contributed by atoms with Gasteiger partial charge in [-0.3, -0.25) is 20.2 Å². The summed E-state index contributed by atoms with van der Waals surface area (Å²) in [6.07, 6.45) is 2.03. The molecule has 0 spiro atoms. The van der Waals surface area contributed by atoms with E-state index in [2.05, 4.69) is 5.32 Å². The van der Waals surface area contributed by atoms with Crippen LogP contribution in [-0.4, -0.2) is 37.6 Å². The van der Waals surface area contributed by atoms with Gasteiger partial charge in [0.15, 0.2) is 9.84 Å². The molecule has 1 fully saturated rings. The maximum Gasteiger partial charge on any atom is 0.326 e. The Hall–Kier alpha value is -3.73. The Balaban J connectivity index is 1.61. The van der Waals surface area contributed by atoms with Crippen molar-refractivity contribution in [2.45, 2.75) is 17.7 Å². The molecule has 0 radical (unpaired) electrons. The molecule has 10 nitrogen and oxygen atoms in total. The number of hydrogen-bond acceptors (Lipinski definition) is 7. The zero-order chi connectivity index (χ0) is 22.4. The van der Waals surface area contributed by atoms with Gasteiger partial charge in [-0.15, -0.1) is 0 Å². The van der Waals surface area contributed by atoms with E-state index < -0.39 is 26.7 Å². The maximum atomic E-state index is 12.3. The van der Waals surface area contributed by atoms with Crippen LogP contribution in [0.25, 0.3) is 6.08 Å². The molecule has 0 unspecified atom stereocenters. The highest BCUT2D eigenvalue weighted by atomic mass is 32.2. The van der Waals surface area contributed by atoms with Crippen molar-refractivity contribution in [3.63, 3.8) is 0 Å². The zero-order valence-corrected chi connectivity index (χ0v) is 17.1. The molecule has 1 aliphatic rings. The van der Waals surface area contributed by atoms with E-state index in [9.17, 15) is 28.1 Å². The number of rotatable bonds is 9. The Morgan fingerprint density at radius 3 is 2.42 bits per heavy atom. The number of hydrogen-bond donors (Lipinski definition) is 2. The minimum atomic E-state index is -3.36. The van der Waals surface area contributed by atoms with Crippen LogP contribution in [0.1, 0.15) is 18.4 Å². The topological polar surface area (TPSA) is 145 Å². The number of carbonyl (C=O) groups excluding carboxylic acids is 2. The lowest BCUT2D eigenvalue weighted by Gasteiger charge is -2.08. The Morgan fingerprint density at radius 1 is 1.03 bits per heavy atom. The van der Waals surface area contributed by atoms with Gasteiger partial charge in [-0.05, 0) is 43.2 Å². The summed E-state index contributed by atoms with van der Waals surface area (Å²) in [6.45, 7) is 0.204. The predicted octanol–water partition coefficient (Wildman–Crippen LogP) is 2.41. The van der Waals surface area contributed by atoms with E-state index in [-0.39, 0.29) is 34.2 Å². The summed E-state index contributed by atoms with van der Waals surface area (Å²) in [4.78, 5) is 33.8. The molecule has 0 atom stereocenters. The summed E-state index contributed by atoms with van der Waals surface area (Å²) < 4.78 is 30.1. The first-order valence-electron chi connectivity index (χ1n) is 9.29. The number of unbranched alkanes of at least 4 members (excludes halogenated alkanes) is 1. The molecular weight excluding hydrogens is 426 g/mol. The molecule has 3 amide bonds. The van der Waals surface area contributed by atoms with Crippen molar-refractivity contribution < 1.29 is 27.7 Å². The van der Waals surface area contributed by atoms with Gasteiger partial charge in [0.05, 0.1) is 27.7 Å². The number of nitro benzene ring substituents is 1. The molecule has 1 heterocycles. The minimum absolute atomic E-state index is 0.0210. The van der Waals surface area contributed by atoms with Crippen LogP contribution < -0.4 is 15.4 Å². The van der Waals surface area contributed by atoms with Crippen LogP contribution in [-0.2, 0) is 14.6 Å². The number of benzene rings is 2. The van der Waals surface area contributed by atoms with Crippen molar-refractivity contribution >= 4 is 33.5 Å². The van der Waals surface area contributed by atoms with E-state index in [1.807, 2.05) is 5.32 Å².